The normalized spacial score (nSPS) is 12.8. The lowest BCUT2D eigenvalue weighted by atomic mass is 10.0. The Morgan fingerprint density at radius 3 is 2.02 bits per heavy atom. The lowest BCUT2D eigenvalue weighted by Crippen LogP contribution is -2.56. The summed E-state index contributed by atoms with van der Waals surface area (Å²) in [5.74, 6) is -4.29. The first kappa shape index (κ1) is 34.0. The van der Waals surface area contributed by atoms with Crippen LogP contribution in [0, 0.1) is 0 Å². The number of primary amides is 1. The van der Waals surface area contributed by atoms with Crippen molar-refractivity contribution >= 4 is 35.8 Å². The minimum atomic E-state index is -1.57. The van der Waals surface area contributed by atoms with E-state index in [1.54, 1.807) is 67.6 Å². The molecular formula is C30H36N4O9. The Balaban J connectivity index is 2.21. The highest BCUT2D eigenvalue weighted by molar-refractivity contribution is 5.93. The number of nitrogens with two attached hydrogens (primary N) is 1. The van der Waals surface area contributed by atoms with Crippen LogP contribution in [-0.2, 0) is 46.5 Å². The number of amides is 4. The van der Waals surface area contributed by atoms with E-state index in [1.165, 1.54) is 6.08 Å². The van der Waals surface area contributed by atoms with Gasteiger partial charge in [-0.1, -0.05) is 66.7 Å². The number of carboxylic acids is 1. The summed E-state index contributed by atoms with van der Waals surface area (Å²) in [6.07, 6.45) is 0.593. The molecule has 0 spiro atoms. The van der Waals surface area contributed by atoms with E-state index in [-0.39, 0.29) is 32.5 Å². The van der Waals surface area contributed by atoms with E-state index in [0.717, 1.165) is 6.08 Å². The molecule has 0 saturated carbocycles. The van der Waals surface area contributed by atoms with Gasteiger partial charge in [-0.15, -0.1) is 0 Å². The number of benzene rings is 2. The Kier molecular flexibility index (Phi) is 14.5. The van der Waals surface area contributed by atoms with E-state index in [4.69, 9.17) is 15.2 Å². The molecule has 0 bridgehead atoms. The van der Waals surface area contributed by atoms with E-state index < -0.39 is 60.3 Å². The molecule has 4 amide bonds. The van der Waals surface area contributed by atoms with Crippen LogP contribution in [-0.4, -0.2) is 65.6 Å². The Hall–Kier alpha value is -5.20. The molecule has 0 radical (unpaired) electrons. The maximum Gasteiger partial charge on any atom is 0.408 e. The van der Waals surface area contributed by atoms with Crippen LogP contribution in [0.2, 0.25) is 0 Å². The van der Waals surface area contributed by atoms with Crippen molar-refractivity contribution in [1.29, 1.82) is 0 Å². The van der Waals surface area contributed by atoms with Gasteiger partial charge in [-0.05, 0) is 24.5 Å². The molecule has 0 aliphatic carbocycles. The van der Waals surface area contributed by atoms with E-state index in [0.29, 0.717) is 11.1 Å². The van der Waals surface area contributed by atoms with Crippen molar-refractivity contribution in [1.82, 2.24) is 16.0 Å². The third-order valence-electron chi connectivity index (χ3n) is 5.90. The Bertz CT molecular complexity index is 1270. The van der Waals surface area contributed by atoms with Gasteiger partial charge in [0.25, 0.3) is 0 Å². The maximum atomic E-state index is 13.4. The van der Waals surface area contributed by atoms with E-state index in [1.807, 2.05) is 0 Å². The largest absolute Gasteiger partial charge is 0.481 e. The van der Waals surface area contributed by atoms with Crippen LogP contribution in [0.1, 0.15) is 37.3 Å². The van der Waals surface area contributed by atoms with Crippen LogP contribution in [0.15, 0.2) is 72.8 Å². The second-order valence-electron chi connectivity index (χ2n) is 9.34. The number of ether oxygens (including phenoxy) is 2. The highest BCUT2D eigenvalue weighted by Crippen LogP contribution is 2.08. The quantitative estimate of drug-likeness (QED) is 0.132. The second-order valence-corrected chi connectivity index (χ2v) is 9.34. The number of alkyl carbamates (subject to hydrolysis) is 1. The number of esters is 1. The first-order chi connectivity index (χ1) is 20.6. The average molecular weight is 597 g/mol. The SMILES string of the molecule is CCOC(=O)/C=C/[C@H](CCC(N)=O)NC(=O)[C@H](Cc1ccccc1)NC(=O)[C@H](CC(=O)O)NC(=O)OCc1ccccc1. The van der Waals surface area contributed by atoms with Crippen molar-refractivity contribution < 1.29 is 43.3 Å². The molecule has 6 N–H and O–H groups in total. The van der Waals surface area contributed by atoms with Crippen LogP contribution in [0.5, 0.6) is 0 Å². The van der Waals surface area contributed by atoms with Gasteiger partial charge in [0.15, 0.2) is 0 Å². The van der Waals surface area contributed by atoms with E-state index in [2.05, 4.69) is 16.0 Å². The summed E-state index contributed by atoms with van der Waals surface area (Å²) in [4.78, 5) is 73.7. The Labute approximate surface area is 248 Å². The van der Waals surface area contributed by atoms with Gasteiger partial charge < -0.3 is 36.3 Å². The smallest absolute Gasteiger partial charge is 0.408 e. The van der Waals surface area contributed by atoms with Gasteiger partial charge in [0.2, 0.25) is 17.7 Å². The zero-order valence-corrected chi connectivity index (χ0v) is 23.7. The Morgan fingerprint density at radius 1 is 0.837 bits per heavy atom. The van der Waals surface area contributed by atoms with Gasteiger partial charge in [0.05, 0.1) is 13.0 Å². The average Bonchev–Trinajstić information content (AvgIpc) is 2.97. The van der Waals surface area contributed by atoms with Crippen molar-refractivity contribution in [3.63, 3.8) is 0 Å². The van der Waals surface area contributed by atoms with E-state index >= 15 is 0 Å². The predicted molar refractivity (Wildman–Crippen MR) is 154 cm³/mol. The minimum Gasteiger partial charge on any atom is -0.481 e. The standard InChI is InChI=1S/C30H36N4O9/c1-2-42-27(38)16-14-22(13-15-25(31)35)32-28(39)23(17-20-9-5-3-6-10-20)33-29(40)24(18-26(36)37)34-30(41)43-19-21-11-7-4-8-12-21/h3-12,14,16,22-24H,2,13,15,17-19H2,1H3,(H2,31,35)(H,32,39)(H,33,40)(H,34,41)(H,36,37)/b16-14+/t22-,23-,24-/m0/s1. The highest BCUT2D eigenvalue weighted by atomic mass is 16.5. The summed E-state index contributed by atoms with van der Waals surface area (Å²) in [6, 6.07) is 13.8. The van der Waals surface area contributed by atoms with Crippen LogP contribution in [0.3, 0.4) is 0 Å². The van der Waals surface area contributed by atoms with Gasteiger partial charge >= 0.3 is 18.0 Å². The molecule has 2 aromatic rings. The molecule has 0 aromatic heterocycles. The molecule has 0 fully saturated rings. The van der Waals surface area contributed by atoms with Gasteiger partial charge in [-0.3, -0.25) is 19.2 Å². The van der Waals surface area contributed by atoms with Crippen LogP contribution in [0.25, 0.3) is 0 Å². The molecule has 0 saturated heterocycles. The number of hydrogen-bond donors (Lipinski definition) is 5. The summed E-state index contributed by atoms with van der Waals surface area (Å²) >= 11 is 0. The number of carboxylic acid groups (broad SMARTS) is 1. The minimum absolute atomic E-state index is 0.000782. The number of carbonyl (C=O) groups excluding carboxylic acids is 5. The molecule has 0 aliphatic rings. The fraction of sp³-hybridized carbons (Fsp3) is 0.333. The molecule has 43 heavy (non-hydrogen) atoms. The number of carbonyl (C=O) groups is 6. The lowest BCUT2D eigenvalue weighted by molar-refractivity contribution is -0.140. The monoisotopic (exact) mass is 596 g/mol. The molecule has 3 atom stereocenters. The molecule has 0 aliphatic heterocycles. The first-order valence-electron chi connectivity index (χ1n) is 13.5. The number of rotatable bonds is 17. The van der Waals surface area contributed by atoms with Crippen molar-refractivity contribution in [2.75, 3.05) is 6.61 Å². The summed E-state index contributed by atoms with van der Waals surface area (Å²) in [6.45, 7) is 1.65. The molecule has 2 aromatic carbocycles. The van der Waals surface area contributed by atoms with Gasteiger partial charge in [0.1, 0.15) is 18.7 Å². The summed E-state index contributed by atoms with van der Waals surface area (Å²) < 4.78 is 9.97. The molecule has 13 nitrogen and oxygen atoms in total. The van der Waals surface area contributed by atoms with Crippen molar-refractivity contribution in [2.45, 2.75) is 57.3 Å². The fourth-order valence-corrected chi connectivity index (χ4v) is 3.81. The molecule has 13 heteroatoms. The molecule has 2 rings (SSSR count). The zero-order valence-electron chi connectivity index (χ0n) is 23.7. The van der Waals surface area contributed by atoms with E-state index in [9.17, 15) is 33.9 Å². The van der Waals surface area contributed by atoms with Crippen LogP contribution < -0.4 is 21.7 Å². The Morgan fingerprint density at radius 2 is 1.44 bits per heavy atom. The van der Waals surface area contributed by atoms with Crippen molar-refractivity contribution in [3.05, 3.63) is 83.9 Å². The molecule has 230 valence electrons. The fourth-order valence-electron chi connectivity index (χ4n) is 3.81. The predicted octanol–water partition coefficient (Wildman–Crippen LogP) is 1.35. The lowest BCUT2D eigenvalue weighted by Gasteiger charge is -2.24. The van der Waals surface area contributed by atoms with Gasteiger partial charge in [0, 0.05) is 25.0 Å². The second kappa shape index (κ2) is 18.3. The van der Waals surface area contributed by atoms with Crippen molar-refractivity contribution in [3.8, 4) is 0 Å². The summed E-state index contributed by atoms with van der Waals surface area (Å²) in [5, 5.41) is 16.8. The third-order valence-corrected chi connectivity index (χ3v) is 5.90. The highest BCUT2D eigenvalue weighted by Gasteiger charge is 2.30. The van der Waals surface area contributed by atoms with Gasteiger partial charge in [-0.25, -0.2) is 9.59 Å². The molecule has 0 heterocycles. The number of nitrogens with one attached hydrogen (secondary N) is 3. The van der Waals surface area contributed by atoms with Crippen LogP contribution >= 0.6 is 0 Å². The van der Waals surface area contributed by atoms with Crippen LogP contribution in [0.4, 0.5) is 4.79 Å². The molecular weight excluding hydrogens is 560 g/mol. The first-order valence-corrected chi connectivity index (χ1v) is 13.5. The third kappa shape index (κ3) is 13.8. The zero-order chi connectivity index (χ0) is 31.6. The summed E-state index contributed by atoms with van der Waals surface area (Å²) in [7, 11) is 0. The maximum absolute atomic E-state index is 13.4. The number of aliphatic carboxylic acids is 1. The van der Waals surface area contributed by atoms with Crippen molar-refractivity contribution in [2.24, 2.45) is 5.73 Å². The summed E-state index contributed by atoms with van der Waals surface area (Å²) in [5.41, 5.74) is 6.60. The molecule has 0 unspecified atom stereocenters. The number of hydrogen-bond acceptors (Lipinski definition) is 8. The topological polar surface area (TPSA) is 203 Å². The van der Waals surface area contributed by atoms with Gasteiger partial charge in [-0.2, -0.15) is 0 Å².